The molecule has 0 spiro atoms. The number of aliphatic hydroxyl groups is 4. The van der Waals surface area contributed by atoms with Crippen LogP contribution in [-0.2, 0) is 28.4 Å². The van der Waals surface area contributed by atoms with Crippen LogP contribution in [-0.4, -0.2) is 189 Å². The molecule has 6 aliphatic rings. The molecule has 30 nitrogen and oxygen atoms in total. The zero-order chi connectivity index (χ0) is 55.4. The number of rotatable bonds is 1. The molecule has 6 bridgehead atoms. The molecule has 6 heterocycles. The Morgan fingerprint density at radius 3 is 1.32 bits per heavy atom. The summed E-state index contributed by atoms with van der Waals surface area (Å²) in [6.45, 7) is -2.84. The number of ether oxygens (including phenoxy) is 6. The van der Waals surface area contributed by atoms with Crippen LogP contribution < -0.4 is 0 Å². The van der Waals surface area contributed by atoms with Gasteiger partial charge in [0.05, 0.1) is 40.3 Å². The Bertz CT molecular complexity index is 3510. The molecule has 76 heavy (non-hydrogen) atoms. The predicted molar refractivity (Wildman–Crippen MR) is 233 cm³/mol. The molecule has 0 radical (unpaired) electrons. The number of benzene rings is 5. The molecule has 1 fully saturated rings. The first-order valence-corrected chi connectivity index (χ1v) is 21.5. The first-order chi connectivity index (χ1) is 35.7. The van der Waals surface area contributed by atoms with Gasteiger partial charge in [0.25, 0.3) is 0 Å². The smallest absolute Gasteiger partial charge is 0.340 e. The lowest BCUT2D eigenvalue weighted by atomic mass is 9.71. The van der Waals surface area contributed by atoms with Gasteiger partial charge in [0.15, 0.2) is 81.9 Å². The number of hydrogen-bond acceptors (Lipinski definition) is 30. The molecule has 6 aliphatic heterocycles. The Kier molecular flexibility index (Phi) is 10.9. The van der Waals surface area contributed by atoms with Crippen LogP contribution in [0.2, 0.25) is 0 Å². The maximum Gasteiger partial charge on any atom is 0.340 e. The Morgan fingerprint density at radius 2 is 0.789 bits per heavy atom. The lowest BCUT2D eigenvalue weighted by molar-refractivity contribution is -0.341. The van der Waals surface area contributed by atoms with E-state index in [0.29, 0.717) is 6.07 Å². The number of hydrogen-bond donors (Lipinski definition) is 19. The van der Waals surface area contributed by atoms with E-state index in [-0.39, 0.29) is 12.1 Å². The molecule has 11 rings (SSSR count). The molecule has 398 valence electrons. The van der Waals surface area contributed by atoms with Crippen molar-refractivity contribution in [2.24, 2.45) is 0 Å². The van der Waals surface area contributed by atoms with Crippen molar-refractivity contribution < 1.29 is 149 Å². The third kappa shape index (κ3) is 6.61. The van der Waals surface area contributed by atoms with Crippen LogP contribution in [0.1, 0.15) is 63.3 Å². The fourth-order valence-electron chi connectivity index (χ4n) is 9.99. The van der Waals surface area contributed by atoms with Gasteiger partial charge in [-0.15, -0.1) is 0 Å². The number of phenolic OH excluding ortho intramolecular Hbond substituents is 15. The van der Waals surface area contributed by atoms with Crippen molar-refractivity contribution >= 4 is 29.8 Å². The Hall–Kier alpha value is -9.75. The van der Waals surface area contributed by atoms with Crippen molar-refractivity contribution in [3.63, 3.8) is 0 Å². The van der Waals surface area contributed by atoms with Crippen molar-refractivity contribution in [2.45, 2.75) is 54.4 Å². The summed E-state index contributed by atoms with van der Waals surface area (Å²) in [5, 5.41) is 214. The van der Waals surface area contributed by atoms with Crippen LogP contribution in [0.15, 0.2) is 18.2 Å². The molecular weight excluding hydrogens is 1030 g/mol. The standard InChI is InChI=1S/C46H34O30/c47-9-1-6-14(28(55)24(9)51)15-7(2-10(48)25(52)29(15)56)43(67)74-37-13(5-71-41(6)65)73-42(66)8-3-11(49)26(53)30(57)16(8)17-20-18(32(59)35(62)31(17)58)19-21-22(34(61)36(63)33(19)60)23(38(75-45(21)69)39(37)76-44(20)68)46(70)40(64)27(54)12(50)4-72-46/h1-3,12-13,23,27,37-40,47-64,70H,4-5H2/t12-,13-,23+,27+,37-,38-,39?,40+,46+/m1/s1. The third-order valence-electron chi connectivity index (χ3n) is 13.6. The van der Waals surface area contributed by atoms with E-state index in [4.69, 9.17) is 28.4 Å². The van der Waals surface area contributed by atoms with Crippen molar-refractivity contribution in [3.8, 4) is 120 Å². The van der Waals surface area contributed by atoms with Crippen molar-refractivity contribution in [1.82, 2.24) is 0 Å². The summed E-state index contributed by atoms with van der Waals surface area (Å²) in [7, 11) is 0. The molecule has 0 aromatic heterocycles. The highest BCUT2D eigenvalue weighted by Gasteiger charge is 2.65. The van der Waals surface area contributed by atoms with Gasteiger partial charge in [-0.05, 0) is 18.2 Å². The van der Waals surface area contributed by atoms with E-state index in [2.05, 4.69) is 0 Å². The Labute approximate surface area is 417 Å². The lowest BCUT2D eigenvalue weighted by Crippen LogP contribution is -2.68. The van der Waals surface area contributed by atoms with Crippen LogP contribution in [0, 0.1) is 0 Å². The normalized spacial score (nSPS) is 25.7. The van der Waals surface area contributed by atoms with Gasteiger partial charge in [0.2, 0.25) is 34.5 Å². The number of cyclic esters (lactones) is 1. The quantitative estimate of drug-likeness (QED) is 0.0553. The van der Waals surface area contributed by atoms with E-state index in [1.54, 1.807) is 0 Å². The van der Waals surface area contributed by atoms with E-state index in [1.165, 1.54) is 0 Å². The summed E-state index contributed by atoms with van der Waals surface area (Å²) < 4.78 is 34.0. The third-order valence-corrected chi connectivity index (χ3v) is 13.6. The van der Waals surface area contributed by atoms with Crippen LogP contribution in [0.3, 0.4) is 0 Å². The fourth-order valence-corrected chi connectivity index (χ4v) is 9.99. The maximum absolute atomic E-state index is 15.5. The van der Waals surface area contributed by atoms with E-state index in [9.17, 15) is 111 Å². The minimum atomic E-state index is -3.72. The Morgan fingerprint density at radius 1 is 0.395 bits per heavy atom. The van der Waals surface area contributed by atoms with E-state index >= 15 is 9.59 Å². The zero-order valence-electron chi connectivity index (χ0n) is 37.3. The molecule has 5 aromatic carbocycles. The maximum atomic E-state index is 15.5. The molecule has 0 aliphatic carbocycles. The van der Waals surface area contributed by atoms with Crippen molar-refractivity contribution in [3.05, 3.63) is 51.6 Å². The topological polar surface area (TPSA) is 525 Å². The first kappa shape index (κ1) is 49.8. The van der Waals surface area contributed by atoms with Crippen LogP contribution >= 0.6 is 0 Å². The molecule has 19 N–H and O–H groups in total. The zero-order valence-corrected chi connectivity index (χ0v) is 37.3. The summed E-state index contributed by atoms with van der Waals surface area (Å²) in [6.07, 6.45) is -19.3. The SMILES string of the molecule is O=C1OC[C@H]2OC(=O)c3cc(O)c(O)c(O)c3-c3c(O)c(O)c(O)c4c3C(=O)OC([C@@H]2OC(=O)c2cc(O)c(O)c(O)c2-c2c1cc(O)c(O)c2O)[C@@H]1OC(=O)c2c-4c(O)c(O)c(O)c2[C@@H]1[C@]1(O)OC[C@@H](O)[C@H](O)[C@@H]1O. The summed E-state index contributed by atoms with van der Waals surface area (Å²) >= 11 is 0. The highest BCUT2D eigenvalue weighted by atomic mass is 16.7. The summed E-state index contributed by atoms with van der Waals surface area (Å²) in [6, 6.07) is 0.916. The predicted octanol–water partition coefficient (Wildman–Crippen LogP) is -0.830. The van der Waals surface area contributed by atoms with Crippen LogP contribution in [0.25, 0.3) is 33.4 Å². The number of aliphatic hydroxyl groups excluding tert-OH is 3. The molecular formula is C46H34O30. The van der Waals surface area contributed by atoms with Gasteiger partial charge in [-0.3, -0.25) is 0 Å². The highest BCUT2D eigenvalue weighted by Crippen LogP contribution is 2.63. The summed E-state index contributed by atoms with van der Waals surface area (Å²) in [5.74, 6) is -40.7. The number of fused-ring (bicyclic) bond motifs is 7. The molecule has 0 amide bonds. The largest absolute Gasteiger partial charge is 0.504 e. The van der Waals surface area contributed by atoms with E-state index in [1.807, 2.05) is 0 Å². The minimum absolute atomic E-state index is 0.271. The lowest BCUT2D eigenvalue weighted by Gasteiger charge is -2.51. The van der Waals surface area contributed by atoms with Gasteiger partial charge in [0.1, 0.15) is 24.9 Å². The highest BCUT2D eigenvalue weighted by molar-refractivity contribution is 6.16. The molecule has 1 unspecified atom stereocenters. The van der Waals surface area contributed by atoms with Gasteiger partial charge in [0, 0.05) is 38.9 Å². The van der Waals surface area contributed by atoms with Gasteiger partial charge in [-0.1, -0.05) is 0 Å². The van der Waals surface area contributed by atoms with Crippen LogP contribution in [0.4, 0.5) is 0 Å². The molecule has 5 aromatic rings. The van der Waals surface area contributed by atoms with E-state index < -0.39 is 250 Å². The van der Waals surface area contributed by atoms with Gasteiger partial charge < -0.3 is 125 Å². The van der Waals surface area contributed by atoms with Crippen LogP contribution in [0.5, 0.6) is 86.2 Å². The van der Waals surface area contributed by atoms with Gasteiger partial charge in [-0.25, -0.2) is 24.0 Å². The Balaban J connectivity index is 1.39. The number of esters is 5. The second-order valence-electron chi connectivity index (χ2n) is 17.6. The number of carbonyl (C=O) groups excluding carboxylic acids is 5. The second kappa shape index (κ2) is 16.6. The average Bonchev–Trinajstić information content (AvgIpc) is 3.53. The molecule has 0 saturated carbocycles. The second-order valence-corrected chi connectivity index (χ2v) is 17.6. The molecule has 1 saturated heterocycles. The first-order valence-electron chi connectivity index (χ1n) is 21.5. The molecule has 9 atom stereocenters. The van der Waals surface area contributed by atoms with Gasteiger partial charge in [-0.2, -0.15) is 0 Å². The fraction of sp³-hybridized carbons (Fsp3) is 0.239. The molecule has 30 heteroatoms. The van der Waals surface area contributed by atoms with E-state index in [0.717, 1.165) is 0 Å². The van der Waals surface area contributed by atoms with Gasteiger partial charge >= 0.3 is 29.8 Å². The monoisotopic (exact) mass is 1070 g/mol. The van der Waals surface area contributed by atoms with Crippen molar-refractivity contribution in [2.75, 3.05) is 13.2 Å². The summed E-state index contributed by atoms with van der Waals surface area (Å²) in [5.41, 5.74) is -16.3. The average molecular weight is 1070 g/mol. The number of phenols is 15. The minimum Gasteiger partial charge on any atom is -0.504 e. The number of aromatic hydroxyl groups is 15. The summed E-state index contributed by atoms with van der Waals surface area (Å²) in [4.78, 5) is 74.4. The van der Waals surface area contributed by atoms with Crippen molar-refractivity contribution in [1.29, 1.82) is 0 Å². The number of carbonyl (C=O) groups is 5.